The molecule has 0 atom stereocenters. The summed E-state index contributed by atoms with van der Waals surface area (Å²) in [6.45, 7) is 2.57. The first-order valence-electron chi connectivity index (χ1n) is 10.1. The lowest BCUT2D eigenvalue weighted by molar-refractivity contribution is 0.0696. The van der Waals surface area contributed by atoms with Gasteiger partial charge in [0.2, 0.25) is 10.0 Å². The van der Waals surface area contributed by atoms with Crippen molar-refractivity contribution < 1.29 is 13.2 Å². The number of sulfonamides is 1. The standard InChI is InChI=1S/C23H22ClN3O4S/c1-16-5-4-6-17(15-16)20-10-9-18(22(28)25-20)23(29)26-11-13-27(14-12-26)32(30,31)21-8-3-2-7-19(21)24/h2-10,15H,11-14H2,1H3,(H,25,28). The van der Waals surface area contributed by atoms with E-state index in [2.05, 4.69) is 4.98 Å². The van der Waals surface area contributed by atoms with Crippen molar-refractivity contribution in [3.63, 3.8) is 0 Å². The number of aromatic nitrogens is 1. The molecule has 1 aliphatic heterocycles. The smallest absolute Gasteiger partial charge is 0.261 e. The van der Waals surface area contributed by atoms with Gasteiger partial charge < -0.3 is 9.88 Å². The highest BCUT2D eigenvalue weighted by atomic mass is 35.5. The Balaban J connectivity index is 1.48. The normalized spacial score (nSPS) is 15.0. The van der Waals surface area contributed by atoms with E-state index in [0.717, 1.165) is 11.1 Å². The summed E-state index contributed by atoms with van der Waals surface area (Å²) in [5.41, 5.74) is 2.11. The molecule has 7 nitrogen and oxygen atoms in total. The molecule has 1 saturated heterocycles. The predicted molar refractivity (Wildman–Crippen MR) is 123 cm³/mol. The molecule has 2 heterocycles. The first-order valence-corrected chi connectivity index (χ1v) is 11.9. The van der Waals surface area contributed by atoms with E-state index in [9.17, 15) is 18.0 Å². The lowest BCUT2D eigenvalue weighted by Gasteiger charge is -2.34. The Bertz CT molecular complexity index is 1330. The predicted octanol–water partition coefficient (Wildman–Crippen LogP) is 3.15. The van der Waals surface area contributed by atoms with Crippen molar-refractivity contribution >= 4 is 27.5 Å². The number of H-pyrrole nitrogens is 1. The molecule has 1 amide bonds. The molecule has 1 aromatic heterocycles. The molecular weight excluding hydrogens is 450 g/mol. The number of nitrogens with zero attached hydrogens (tertiary/aromatic N) is 2. The minimum atomic E-state index is -3.76. The summed E-state index contributed by atoms with van der Waals surface area (Å²) in [7, 11) is -3.76. The van der Waals surface area contributed by atoms with E-state index in [4.69, 9.17) is 11.6 Å². The van der Waals surface area contributed by atoms with Crippen molar-refractivity contribution in [1.29, 1.82) is 0 Å². The van der Waals surface area contributed by atoms with E-state index >= 15 is 0 Å². The van der Waals surface area contributed by atoms with Crippen molar-refractivity contribution in [1.82, 2.24) is 14.2 Å². The summed E-state index contributed by atoms with van der Waals surface area (Å²) in [6.07, 6.45) is 0. The van der Waals surface area contributed by atoms with Crippen LogP contribution in [0.5, 0.6) is 0 Å². The number of hydrogen-bond donors (Lipinski definition) is 1. The highest BCUT2D eigenvalue weighted by Gasteiger charge is 2.32. The fraction of sp³-hybridized carbons (Fsp3) is 0.217. The van der Waals surface area contributed by atoms with Crippen LogP contribution in [0.15, 0.2) is 70.4 Å². The van der Waals surface area contributed by atoms with Crippen LogP contribution >= 0.6 is 11.6 Å². The third-order valence-electron chi connectivity index (χ3n) is 5.45. The lowest BCUT2D eigenvalue weighted by atomic mass is 10.1. The number of benzene rings is 2. The Morgan fingerprint density at radius 3 is 2.34 bits per heavy atom. The highest BCUT2D eigenvalue weighted by molar-refractivity contribution is 7.89. The third-order valence-corrected chi connectivity index (χ3v) is 7.85. The van der Waals surface area contributed by atoms with E-state index in [1.54, 1.807) is 18.2 Å². The first kappa shape index (κ1) is 22.3. The number of pyridine rings is 1. The van der Waals surface area contributed by atoms with Crippen molar-refractivity contribution in [3.05, 3.63) is 87.2 Å². The van der Waals surface area contributed by atoms with E-state index in [1.807, 2.05) is 31.2 Å². The molecule has 1 fully saturated rings. The van der Waals surface area contributed by atoms with Gasteiger partial charge in [0.25, 0.3) is 11.5 Å². The second-order valence-electron chi connectivity index (χ2n) is 7.61. The molecule has 4 rings (SSSR count). The summed E-state index contributed by atoms with van der Waals surface area (Å²) >= 11 is 6.06. The molecule has 166 valence electrons. The number of amides is 1. The second kappa shape index (κ2) is 8.90. The van der Waals surface area contributed by atoms with Crippen LogP contribution in [0.3, 0.4) is 0 Å². The quantitative estimate of drug-likeness (QED) is 0.632. The Kier molecular flexibility index (Phi) is 6.19. The molecule has 32 heavy (non-hydrogen) atoms. The molecule has 0 aliphatic carbocycles. The summed E-state index contributed by atoms with van der Waals surface area (Å²) in [4.78, 5) is 29.8. The Morgan fingerprint density at radius 1 is 0.969 bits per heavy atom. The third kappa shape index (κ3) is 4.34. The lowest BCUT2D eigenvalue weighted by Crippen LogP contribution is -2.51. The van der Waals surface area contributed by atoms with Crippen molar-refractivity contribution in [2.75, 3.05) is 26.2 Å². The summed E-state index contributed by atoms with van der Waals surface area (Å²) < 4.78 is 27.1. The summed E-state index contributed by atoms with van der Waals surface area (Å²) in [5, 5.41) is 0.159. The van der Waals surface area contributed by atoms with Gasteiger partial charge in [-0.25, -0.2) is 8.42 Å². The zero-order valence-corrected chi connectivity index (χ0v) is 19.0. The van der Waals surface area contributed by atoms with Crippen LogP contribution in [0.1, 0.15) is 15.9 Å². The van der Waals surface area contributed by atoms with Crippen LogP contribution in [0.4, 0.5) is 0 Å². The molecule has 1 N–H and O–H groups in total. The molecule has 0 saturated carbocycles. The van der Waals surface area contributed by atoms with Crippen LogP contribution in [-0.2, 0) is 10.0 Å². The van der Waals surface area contributed by atoms with Gasteiger partial charge in [0.1, 0.15) is 10.5 Å². The highest BCUT2D eigenvalue weighted by Crippen LogP contribution is 2.25. The van der Waals surface area contributed by atoms with Crippen LogP contribution in [0.25, 0.3) is 11.3 Å². The average molecular weight is 472 g/mol. The number of carbonyl (C=O) groups excluding carboxylic acids is 1. The van der Waals surface area contributed by atoms with Crippen LogP contribution in [-0.4, -0.2) is 54.7 Å². The number of aromatic amines is 1. The van der Waals surface area contributed by atoms with Crippen molar-refractivity contribution in [3.8, 4) is 11.3 Å². The van der Waals surface area contributed by atoms with E-state index in [1.165, 1.54) is 27.4 Å². The van der Waals surface area contributed by atoms with Gasteiger partial charge in [-0.15, -0.1) is 0 Å². The van der Waals surface area contributed by atoms with E-state index < -0.39 is 21.5 Å². The maximum atomic E-state index is 12.9. The number of halogens is 1. The molecule has 0 spiro atoms. The molecule has 0 unspecified atom stereocenters. The fourth-order valence-electron chi connectivity index (χ4n) is 3.72. The second-order valence-corrected chi connectivity index (χ2v) is 9.92. The average Bonchev–Trinajstić information content (AvgIpc) is 2.79. The monoisotopic (exact) mass is 471 g/mol. The van der Waals surface area contributed by atoms with Crippen molar-refractivity contribution in [2.24, 2.45) is 0 Å². The number of nitrogens with one attached hydrogen (secondary N) is 1. The Morgan fingerprint density at radius 2 is 1.69 bits per heavy atom. The Labute approximate surface area is 191 Å². The number of carbonyl (C=O) groups is 1. The minimum absolute atomic E-state index is 0.0313. The van der Waals surface area contributed by atoms with E-state index in [0.29, 0.717) is 5.69 Å². The molecule has 0 radical (unpaired) electrons. The maximum Gasteiger partial charge on any atom is 0.261 e. The van der Waals surface area contributed by atoms with Gasteiger partial charge in [0.05, 0.1) is 5.02 Å². The molecule has 0 bridgehead atoms. The van der Waals surface area contributed by atoms with Crippen LogP contribution < -0.4 is 5.56 Å². The summed E-state index contributed by atoms with van der Waals surface area (Å²) in [5.74, 6) is -0.420. The zero-order chi connectivity index (χ0) is 22.9. The van der Waals surface area contributed by atoms with E-state index in [-0.39, 0.29) is 41.7 Å². The fourth-order valence-corrected chi connectivity index (χ4v) is 5.63. The van der Waals surface area contributed by atoms with Gasteiger partial charge in [-0.2, -0.15) is 4.31 Å². The van der Waals surface area contributed by atoms with Crippen LogP contribution in [0, 0.1) is 6.92 Å². The number of rotatable bonds is 4. The zero-order valence-electron chi connectivity index (χ0n) is 17.4. The largest absolute Gasteiger partial charge is 0.336 e. The molecule has 2 aromatic carbocycles. The van der Waals surface area contributed by atoms with Gasteiger partial charge in [0.15, 0.2) is 0 Å². The Hall–Kier alpha value is -2.94. The van der Waals surface area contributed by atoms with Gasteiger partial charge >= 0.3 is 0 Å². The topological polar surface area (TPSA) is 90.6 Å². The van der Waals surface area contributed by atoms with Gasteiger partial charge in [0, 0.05) is 31.9 Å². The molecule has 9 heteroatoms. The van der Waals surface area contributed by atoms with Crippen molar-refractivity contribution in [2.45, 2.75) is 11.8 Å². The molecular formula is C23H22ClN3O4S. The maximum absolute atomic E-state index is 12.9. The van der Waals surface area contributed by atoms with Gasteiger partial charge in [-0.1, -0.05) is 47.5 Å². The molecule has 1 aliphatic rings. The number of hydrogen-bond acceptors (Lipinski definition) is 4. The summed E-state index contributed by atoms with van der Waals surface area (Å²) in [6, 6.07) is 17.2. The first-order chi connectivity index (χ1) is 15.3. The van der Waals surface area contributed by atoms with Gasteiger partial charge in [-0.3, -0.25) is 9.59 Å². The van der Waals surface area contributed by atoms with Gasteiger partial charge in [-0.05, 0) is 42.8 Å². The molecule has 3 aromatic rings. The van der Waals surface area contributed by atoms with Crippen LogP contribution in [0.2, 0.25) is 5.02 Å². The SMILES string of the molecule is Cc1cccc(-c2ccc(C(=O)N3CCN(S(=O)(=O)c4ccccc4Cl)CC3)c(=O)[nH]2)c1. The number of piperazine rings is 1. The number of aryl methyl sites for hydroxylation is 1. The minimum Gasteiger partial charge on any atom is -0.336 e.